The molecule has 6 heteroatoms. The van der Waals surface area contributed by atoms with E-state index in [0.29, 0.717) is 17.2 Å². The average Bonchev–Trinajstić information content (AvgIpc) is 2.99. The van der Waals surface area contributed by atoms with Gasteiger partial charge in [-0.2, -0.15) is 0 Å². The van der Waals surface area contributed by atoms with Gasteiger partial charge in [0.05, 0.1) is 17.5 Å². The molecule has 150 valence electrons. The lowest BCUT2D eigenvalue weighted by Gasteiger charge is -2.19. The highest BCUT2D eigenvalue weighted by molar-refractivity contribution is 6.05. The second-order valence-electron chi connectivity index (χ2n) is 7.54. The second-order valence-corrected chi connectivity index (χ2v) is 7.54. The number of nitrogens with one attached hydrogen (secondary N) is 1. The van der Waals surface area contributed by atoms with Gasteiger partial charge in [0.25, 0.3) is 0 Å². The quantitative estimate of drug-likeness (QED) is 0.755. The van der Waals surface area contributed by atoms with Crippen LogP contribution in [0.2, 0.25) is 0 Å². The van der Waals surface area contributed by atoms with Gasteiger partial charge in [0.15, 0.2) is 5.75 Å². The second kappa shape index (κ2) is 8.47. The van der Waals surface area contributed by atoms with Gasteiger partial charge in [0, 0.05) is 13.0 Å². The SMILES string of the molecule is O=C(CCN1C(=O)C2CCCCC2C1=O)Nc1ccccc1Oc1ccccc1. The van der Waals surface area contributed by atoms with Crippen LogP contribution in [0.5, 0.6) is 11.5 Å². The molecule has 2 unspecified atom stereocenters. The Labute approximate surface area is 169 Å². The summed E-state index contributed by atoms with van der Waals surface area (Å²) in [4.78, 5) is 38.8. The van der Waals surface area contributed by atoms with Crippen LogP contribution in [0.3, 0.4) is 0 Å². The number of hydrogen-bond acceptors (Lipinski definition) is 4. The molecule has 0 radical (unpaired) electrons. The minimum Gasteiger partial charge on any atom is -0.455 e. The van der Waals surface area contributed by atoms with Gasteiger partial charge in [-0.25, -0.2) is 0 Å². The molecule has 0 aromatic heterocycles. The van der Waals surface area contributed by atoms with Crippen molar-refractivity contribution in [1.82, 2.24) is 4.90 Å². The van der Waals surface area contributed by atoms with Gasteiger partial charge in [-0.1, -0.05) is 43.2 Å². The van der Waals surface area contributed by atoms with Crippen molar-refractivity contribution in [1.29, 1.82) is 0 Å². The zero-order chi connectivity index (χ0) is 20.2. The molecule has 1 heterocycles. The molecular weight excluding hydrogens is 368 g/mol. The van der Waals surface area contributed by atoms with E-state index >= 15 is 0 Å². The van der Waals surface area contributed by atoms with Crippen molar-refractivity contribution in [2.24, 2.45) is 11.8 Å². The summed E-state index contributed by atoms with van der Waals surface area (Å²) in [5.74, 6) is 0.361. The molecule has 1 aliphatic heterocycles. The lowest BCUT2D eigenvalue weighted by Crippen LogP contribution is -2.34. The van der Waals surface area contributed by atoms with Crippen molar-refractivity contribution in [2.45, 2.75) is 32.1 Å². The Morgan fingerprint density at radius 2 is 1.55 bits per heavy atom. The zero-order valence-electron chi connectivity index (χ0n) is 16.2. The number of nitrogens with zero attached hydrogens (tertiary/aromatic N) is 1. The van der Waals surface area contributed by atoms with E-state index in [2.05, 4.69) is 5.32 Å². The van der Waals surface area contributed by atoms with E-state index in [9.17, 15) is 14.4 Å². The van der Waals surface area contributed by atoms with Gasteiger partial charge in [-0.15, -0.1) is 0 Å². The molecule has 2 aromatic rings. The molecule has 2 aromatic carbocycles. The first-order chi connectivity index (χ1) is 14.1. The molecule has 0 bridgehead atoms. The summed E-state index contributed by atoms with van der Waals surface area (Å²) in [5, 5.41) is 2.83. The van der Waals surface area contributed by atoms with Crippen LogP contribution < -0.4 is 10.1 Å². The molecule has 1 saturated heterocycles. The summed E-state index contributed by atoms with van der Waals surface area (Å²) in [6.07, 6.45) is 3.61. The molecule has 6 nitrogen and oxygen atoms in total. The van der Waals surface area contributed by atoms with Gasteiger partial charge >= 0.3 is 0 Å². The third-order valence-electron chi connectivity index (χ3n) is 5.63. The molecule has 1 aliphatic carbocycles. The fourth-order valence-corrected chi connectivity index (χ4v) is 4.15. The van der Waals surface area contributed by atoms with E-state index in [1.165, 1.54) is 4.90 Å². The Bertz CT molecular complexity index is 888. The van der Waals surface area contributed by atoms with Crippen molar-refractivity contribution < 1.29 is 19.1 Å². The van der Waals surface area contributed by atoms with Crippen molar-refractivity contribution in [2.75, 3.05) is 11.9 Å². The Balaban J connectivity index is 1.37. The third-order valence-corrected chi connectivity index (χ3v) is 5.63. The van der Waals surface area contributed by atoms with Crippen molar-refractivity contribution >= 4 is 23.4 Å². The molecule has 1 saturated carbocycles. The average molecular weight is 392 g/mol. The maximum atomic E-state index is 12.5. The van der Waals surface area contributed by atoms with E-state index in [1.807, 2.05) is 42.5 Å². The van der Waals surface area contributed by atoms with Gasteiger partial charge in [-0.05, 0) is 37.1 Å². The Hall–Kier alpha value is -3.15. The number of fused-ring (bicyclic) bond motifs is 1. The molecule has 3 amide bonds. The summed E-state index contributed by atoms with van der Waals surface area (Å²) < 4.78 is 5.85. The predicted molar refractivity (Wildman–Crippen MR) is 108 cm³/mol. The highest BCUT2D eigenvalue weighted by Gasteiger charge is 2.47. The summed E-state index contributed by atoms with van der Waals surface area (Å²) >= 11 is 0. The van der Waals surface area contributed by atoms with Crippen LogP contribution in [0.15, 0.2) is 54.6 Å². The van der Waals surface area contributed by atoms with Crippen LogP contribution in [0, 0.1) is 11.8 Å². The number of carbonyl (C=O) groups is 3. The number of imide groups is 1. The largest absolute Gasteiger partial charge is 0.455 e. The van der Waals surface area contributed by atoms with E-state index in [1.54, 1.807) is 12.1 Å². The molecule has 4 rings (SSSR count). The Morgan fingerprint density at radius 1 is 0.931 bits per heavy atom. The zero-order valence-corrected chi connectivity index (χ0v) is 16.2. The summed E-state index contributed by atoms with van der Waals surface area (Å²) in [6.45, 7) is 0.123. The molecule has 2 atom stereocenters. The summed E-state index contributed by atoms with van der Waals surface area (Å²) in [5.41, 5.74) is 0.550. The van der Waals surface area contributed by atoms with Gasteiger partial charge in [-0.3, -0.25) is 19.3 Å². The fraction of sp³-hybridized carbons (Fsp3) is 0.348. The van der Waals surface area contributed by atoms with Crippen LogP contribution in [0.25, 0.3) is 0 Å². The van der Waals surface area contributed by atoms with E-state index in [4.69, 9.17) is 4.74 Å². The minimum absolute atomic E-state index is 0.0661. The Morgan fingerprint density at radius 3 is 2.24 bits per heavy atom. The first-order valence-corrected chi connectivity index (χ1v) is 10.1. The van der Waals surface area contributed by atoms with Crippen molar-refractivity contribution in [3.8, 4) is 11.5 Å². The molecule has 2 aliphatic rings. The number of likely N-dealkylation sites (tertiary alicyclic amines) is 1. The number of ether oxygens (including phenoxy) is 1. The van der Waals surface area contributed by atoms with Gasteiger partial charge in [0.2, 0.25) is 17.7 Å². The maximum Gasteiger partial charge on any atom is 0.233 e. The highest BCUT2D eigenvalue weighted by Crippen LogP contribution is 2.38. The van der Waals surface area contributed by atoms with E-state index in [0.717, 1.165) is 25.7 Å². The molecule has 1 N–H and O–H groups in total. The number of benzene rings is 2. The standard InChI is InChI=1S/C23H24N2O4/c26-21(14-15-25-22(27)17-10-4-5-11-18(17)23(25)28)24-19-12-6-7-13-20(19)29-16-8-2-1-3-9-16/h1-3,6-9,12-13,17-18H,4-5,10-11,14-15H2,(H,24,26). The number of para-hydroxylation sites is 3. The molecule has 0 spiro atoms. The highest BCUT2D eigenvalue weighted by atomic mass is 16.5. The topological polar surface area (TPSA) is 75.7 Å². The lowest BCUT2D eigenvalue weighted by molar-refractivity contribution is -0.140. The number of amides is 3. The van der Waals surface area contributed by atoms with Crippen LogP contribution in [-0.2, 0) is 14.4 Å². The van der Waals surface area contributed by atoms with Gasteiger partial charge < -0.3 is 10.1 Å². The van der Waals surface area contributed by atoms with Crippen LogP contribution >= 0.6 is 0 Å². The van der Waals surface area contributed by atoms with Crippen LogP contribution in [-0.4, -0.2) is 29.2 Å². The summed E-state index contributed by atoms with van der Waals surface area (Å²) in [6, 6.07) is 16.5. The van der Waals surface area contributed by atoms with Crippen LogP contribution in [0.4, 0.5) is 5.69 Å². The van der Waals surface area contributed by atoms with Crippen molar-refractivity contribution in [3.05, 3.63) is 54.6 Å². The van der Waals surface area contributed by atoms with Gasteiger partial charge in [0.1, 0.15) is 5.75 Å². The minimum atomic E-state index is -0.260. The van der Waals surface area contributed by atoms with E-state index < -0.39 is 0 Å². The molecule has 2 fully saturated rings. The smallest absolute Gasteiger partial charge is 0.233 e. The summed E-state index contributed by atoms with van der Waals surface area (Å²) in [7, 11) is 0. The fourth-order valence-electron chi connectivity index (χ4n) is 4.15. The predicted octanol–water partition coefficient (Wildman–Crippen LogP) is 3.98. The molecule has 29 heavy (non-hydrogen) atoms. The van der Waals surface area contributed by atoms with Crippen LogP contribution in [0.1, 0.15) is 32.1 Å². The third kappa shape index (κ3) is 4.16. The molecular formula is C23H24N2O4. The number of carbonyl (C=O) groups excluding carboxylic acids is 3. The first kappa shape index (κ1) is 19.2. The number of hydrogen-bond donors (Lipinski definition) is 1. The normalized spacial score (nSPS) is 21.0. The van der Waals surface area contributed by atoms with Crippen molar-refractivity contribution in [3.63, 3.8) is 0 Å². The Kier molecular flexibility index (Phi) is 5.60. The van der Waals surface area contributed by atoms with E-state index in [-0.39, 0.29) is 42.5 Å². The maximum absolute atomic E-state index is 12.5. The first-order valence-electron chi connectivity index (χ1n) is 10.1. The number of rotatable bonds is 6. The lowest BCUT2D eigenvalue weighted by atomic mass is 9.81. The monoisotopic (exact) mass is 392 g/mol. The number of anilines is 1.